The highest BCUT2D eigenvalue weighted by Gasteiger charge is 2.18. The number of amides is 2. The standard InChI is InChI=1S/C18H29N7O/c1-2-15(23-18(19)26)16-14-12-22-25(17(14)21-13-20-16)11-7-10-24-8-5-3-4-6-9-24/h12-13,15H,2-11H2,1H3,(H3,19,23,26). The number of nitrogens with zero attached hydrogens (tertiary/aromatic N) is 5. The lowest BCUT2D eigenvalue weighted by molar-refractivity contribution is 0.244. The lowest BCUT2D eigenvalue weighted by atomic mass is 10.1. The van der Waals surface area contributed by atoms with Crippen molar-refractivity contribution in [3.63, 3.8) is 0 Å². The van der Waals surface area contributed by atoms with Gasteiger partial charge in [0.25, 0.3) is 0 Å². The molecule has 2 amide bonds. The van der Waals surface area contributed by atoms with Crippen LogP contribution in [0.3, 0.4) is 0 Å². The van der Waals surface area contributed by atoms with Crippen LogP contribution in [0.2, 0.25) is 0 Å². The van der Waals surface area contributed by atoms with Crippen molar-refractivity contribution in [1.82, 2.24) is 30.0 Å². The molecule has 3 rings (SSSR count). The maximum Gasteiger partial charge on any atom is 0.312 e. The SMILES string of the molecule is CCC(NC(N)=O)c1ncnc2c1cnn2CCCN1CCCCCC1. The van der Waals surface area contributed by atoms with Crippen LogP contribution in [0.15, 0.2) is 12.5 Å². The molecule has 0 saturated carbocycles. The third-order valence-corrected chi connectivity index (χ3v) is 5.06. The minimum atomic E-state index is -0.548. The zero-order valence-electron chi connectivity index (χ0n) is 15.5. The number of carbonyl (C=O) groups is 1. The van der Waals surface area contributed by atoms with Gasteiger partial charge in [0.2, 0.25) is 0 Å². The van der Waals surface area contributed by atoms with E-state index in [-0.39, 0.29) is 6.04 Å². The van der Waals surface area contributed by atoms with Crippen LogP contribution in [0, 0.1) is 0 Å². The Bertz CT molecular complexity index is 721. The Hall–Kier alpha value is -2.22. The number of aryl methyl sites for hydroxylation is 1. The summed E-state index contributed by atoms with van der Waals surface area (Å²) in [5, 5.41) is 8.13. The number of hydrogen-bond acceptors (Lipinski definition) is 5. The molecule has 0 radical (unpaired) electrons. The zero-order chi connectivity index (χ0) is 18.4. The van der Waals surface area contributed by atoms with E-state index >= 15 is 0 Å². The van der Waals surface area contributed by atoms with Gasteiger partial charge in [0.05, 0.1) is 23.3 Å². The fraction of sp³-hybridized carbons (Fsp3) is 0.667. The molecular weight excluding hydrogens is 330 g/mol. The Morgan fingerprint density at radius 2 is 2.00 bits per heavy atom. The highest BCUT2D eigenvalue weighted by Crippen LogP contribution is 2.23. The summed E-state index contributed by atoms with van der Waals surface area (Å²) in [6.45, 7) is 6.34. The maximum atomic E-state index is 11.2. The third-order valence-electron chi connectivity index (χ3n) is 5.06. The quantitative estimate of drug-likeness (QED) is 0.789. The molecule has 0 spiro atoms. The first-order valence-corrected chi connectivity index (χ1v) is 9.63. The summed E-state index contributed by atoms with van der Waals surface area (Å²) >= 11 is 0. The van der Waals surface area contributed by atoms with Gasteiger partial charge in [-0.1, -0.05) is 19.8 Å². The van der Waals surface area contributed by atoms with Crippen LogP contribution in [-0.4, -0.2) is 50.3 Å². The first-order chi connectivity index (χ1) is 12.7. The lowest BCUT2D eigenvalue weighted by Crippen LogP contribution is -2.33. The Kier molecular flexibility index (Phi) is 6.38. The molecule has 2 aromatic heterocycles. The zero-order valence-corrected chi connectivity index (χ0v) is 15.5. The molecule has 2 aromatic rings. The van der Waals surface area contributed by atoms with Gasteiger partial charge in [-0.15, -0.1) is 0 Å². The van der Waals surface area contributed by atoms with E-state index in [1.807, 2.05) is 11.6 Å². The Balaban J connectivity index is 1.68. The van der Waals surface area contributed by atoms with Crippen molar-refractivity contribution < 1.29 is 4.79 Å². The Morgan fingerprint density at radius 1 is 1.23 bits per heavy atom. The first-order valence-electron chi connectivity index (χ1n) is 9.63. The minimum absolute atomic E-state index is 0.229. The molecule has 1 aliphatic heterocycles. The molecule has 26 heavy (non-hydrogen) atoms. The predicted molar refractivity (Wildman–Crippen MR) is 101 cm³/mol. The van der Waals surface area contributed by atoms with Crippen LogP contribution in [0.5, 0.6) is 0 Å². The Labute approximate surface area is 154 Å². The fourth-order valence-corrected chi connectivity index (χ4v) is 3.69. The molecule has 8 nitrogen and oxygen atoms in total. The van der Waals surface area contributed by atoms with Gasteiger partial charge >= 0.3 is 6.03 Å². The molecule has 0 aliphatic carbocycles. The maximum absolute atomic E-state index is 11.2. The van der Waals surface area contributed by atoms with Gasteiger partial charge in [0.15, 0.2) is 5.65 Å². The molecule has 8 heteroatoms. The number of rotatable bonds is 7. The van der Waals surface area contributed by atoms with Crippen LogP contribution >= 0.6 is 0 Å². The summed E-state index contributed by atoms with van der Waals surface area (Å²) in [5.74, 6) is 0. The summed E-state index contributed by atoms with van der Waals surface area (Å²) in [6.07, 6.45) is 10.4. The van der Waals surface area contributed by atoms with E-state index in [0.717, 1.165) is 36.2 Å². The lowest BCUT2D eigenvalue weighted by Gasteiger charge is -2.19. The second-order valence-electron chi connectivity index (χ2n) is 6.94. The van der Waals surface area contributed by atoms with Crippen LogP contribution in [0.25, 0.3) is 11.0 Å². The van der Waals surface area contributed by atoms with Crippen molar-refractivity contribution in [3.05, 3.63) is 18.2 Å². The van der Waals surface area contributed by atoms with Gasteiger partial charge < -0.3 is 16.0 Å². The van der Waals surface area contributed by atoms with Crippen LogP contribution < -0.4 is 11.1 Å². The van der Waals surface area contributed by atoms with Gasteiger partial charge in [-0.25, -0.2) is 19.4 Å². The normalized spacial score (nSPS) is 17.1. The highest BCUT2D eigenvalue weighted by atomic mass is 16.2. The monoisotopic (exact) mass is 359 g/mol. The fourth-order valence-electron chi connectivity index (χ4n) is 3.69. The summed E-state index contributed by atoms with van der Waals surface area (Å²) < 4.78 is 1.94. The number of urea groups is 1. The van der Waals surface area contributed by atoms with E-state index in [4.69, 9.17) is 5.73 Å². The van der Waals surface area contributed by atoms with Crippen LogP contribution in [0.1, 0.15) is 57.2 Å². The number of likely N-dealkylation sites (tertiary alicyclic amines) is 1. The van der Waals surface area contributed by atoms with Crippen molar-refractivity contribution in [2.75, 3.05) is 19.6 Å². The van der Waals surface area contributed by atoms with E-state index in [1.165, 1.54) is 45.1 Å². The smallest absolute Gasteiger partial charge is 0.312 e. The molecule has 3 N–H and O–H groups in total. The summed E-state index contributed by atoms with van der Waals surface area (Å²) in [4.78, 5) is 22.6. The van der Waals surface area contributed by atoms with Gasteiger partial charge in [-0.3, -0.25) is 0 Å². The molecule has 1 unspecified atom stereocenters. The van der Waals surface area contributed by atoms with E-state index in [9.17, 15) is 4.79 Å². The molecule has 1 aliphatic rings. The number of aromatic nitrogens is 4. The molecule has 1 atom stereocenters. The number of fused-ring (bicyclic) bond motifs is 1. The van der Waals surface area contributed by atoms with Crippen molar-refractivity contribution >= 4 is 17.1 Å². The van der Waals surface area contributed by atoms with Crippen molar-refractivity contribution in [3.8, 4) is 0 Å². The third kappa shape index (κ3) is 4.49. The van der Waals surface area contributed by atoms with Gasteiger partial charge in [0.1, 0.15) is 6.33 Å². The molecule has 3 heterocycles. The van der Waals surface area contributed by atoms with E-state index in [1.54, 1.807) is 6.20 Å². The van der Waals surface area contributed by atoms with Gasteiger partial charge in [-0.05, 0) is 45.3 Å². The second kappa shape index (κ2) is 8.93. The molecule has 0 aromatic carbocycles. The number of nitrogens with one attached hydrogen (secondary N) is 1. The van der Waals surface area contributed by atoms with Gasteiger partial charge in [0, 0.05) is 6.54 Å². The van der Waals surface area contributed by atoms with E-state index in [2.05, 4.69) is 25.3 Å². The largest absolute Gasteiger partial charge is 0.352 e. The number of nitrogens with two attached hydrogens (primary N) is 1. The topological polar surface area (TPSA) is 102 Å². The number of primary amides is 1. The average Bonchev–Trinajstić information content (AvgIpc) is 2.87. The predicted octanol–water partition coefficient (Wildman–Crippen LogP) is 2.21. The van der Waals surface area contributed by atoms with Crippen molar-refractivity contribution in [2.45, 2.75) is 58.0 Å². The van der Waals surface area contributed by atoms with E-state index in [0.29, 0.717) is 6.42 Å². The van der Waals surface area contributed by atoms with Gasteiger partial charge in [-0.2, -0.15) is 5.10 Å². The van der Waals surface area contributed by atoms with E-state index < -0.39 is 6.03 Å². The first kappa shape index (κ1) is 18.6. The summed E-state index contributed by atoms with van der Waals surface area (Å²) in [7, 11) is 0. The number of carbonyl (C=O) groups excluding carboxylic acids is 1. The van der Waals surface area contributed by atoms with Crippen LogP contribution in [0.4, 0.5) is 4.79 Å². The minimum Gasteiger partial charge on any atom is -0.352 e. The van der Waals surface area contributed by atoms with Crippen LogP contribution in [-0.2, 0) is 6.54 Å². The van der Waals surface area contributed by atoms with Crippen molar-refractivity contribution in [1.29, 1.82) is 0 Å². The Morgan fingerprint density at radius 3 is 2.69 bits per heavy atom. The number of hydrogen-bond donors (Lipinski definition) is 2. The average molecular weight is 359 g/mol. The summed E-state index contributed by atoms with van der Waals surface area (Å²) in [6, 6.07) is -0.777. The second-order valence-corrected chi connectivity index (χ2v) is 6.94. The highest BCUT2D eigenvalue weighted by molar-refractivity contribution is 5.79. The molecule has 1 fully saturated rings. The summed E-state index contributed by atoms with van der Waals surface area (Å²) in [5.41, 5.74) is 6.87. The molecular formula is C18H29N7O. The molecule has 1 saturated heterocycles. The van der Waals surface area contributed by atoms with Crippen molar-refractivity contribution in [2.24, 2.45) is 5.73 Å². The molecule has 0 bridgehead atoms. The molecule has 142 valence electrons.